The fourth-order valence-electron chi connectivity index (χ4n) is 3.51. The molecule has 3 rings (SSSR count). The number of aliphatic imine (C=N–C) groups is 1. The Labute approximate surface area is 193 Å². The van der Waals surface area contributed by atoms with Gasteiger partial charge in [-0.25, -0.2) is 0 Å². The van der Waals surface area contributed by atoms with Crippen molar-refractivity contribution in [2.45, 2.75) is 31.3 Å². The highest BCUT2D eigenvalue weighted by Gasteiger charge is 2.24. The summed E-state index contributed by atoms with van der Waals surface area (Å²) >= 11 is 0. The van der Waals surface area contributed by atoms with Crippen LogP contribution in [0.5, 0.6) is 0 Å². The number of nitrogens with two attached hydrogens (primary N) is 3. The van der Waals surface area contributed by atoms with Gasteiger partial charge in [0.05, 0.1) is 6.04 Å². The maximum atomic E-state index is 13.0. The van der Waals surface area contributed by atoms with Crippen molar-refractivity contribution in [3.8, 4) is 0 Å². The van der Waals surface area contributed by atoms with Gasteiger partial charge >= 0.3 is 0 Å². The lowest BCUT2D eigenvalue weighted by Crippen LogP contribution is -2.50. The van der Waals surface area contributed by atoms with Crippen molar-refractivity contribution in [1.29, 1.82) is 0 Å². The standard InChI is InChI=1S/C25H30N6O2/c26-21(15-17-7-2-1-3-8-17)23(32)31-22(11-6-14-29-25(27)28)24(33)30-20-13-12-18-9-4-5-10-19(18)16-20/h1-5,7-10,12-13,16,21-22H,6,11,14-15,26H2,(H,30,33)(H,31,32)(H4,27,28,29)/t21?,22-/m0/s1. The molecule has 3 aromatic carbocycles. The first-order valence-corrected chi connectivity index (χ1v) is 10.9. The summed E-state index contributed by atoms with van der Waals surface area (Å²) in [6, 6.07) is 21.5. The molecule has 0 aromatic heterocycles. The van der Waals surface area contributed by atoms with Gasteiger partial charge in [-0.15, -0.1) is 0 Å². The van der Waals surface area contributed by atoms with Gasteiger partial charge < -0.3 is 27.8 Å². The first kappa shape index (κ1) is 23.7. The molecule has 0 aliphatic carbocycles. The number of carbonyl (C=O) groups is 2. The van der Waals surface area contributed by atoms with Crippen molar-refractivity contribution in [1.82, 2.24) is 5.32 Å². The molecule has 2 amide bonds. The molecule has 3 aromatic rings. The molecular formula is C25H30N6O2. The van der Waals surface area contributed by atoms with Crippen LogP contribution < -0.4 is 27.8 Å². The quantitative estimate of drug-likeness (QED) is 0.183. The number of amides is 2. The number of fused-ring (bicyclic) bond motifs is 1. The van der Waals surface area contributed by atoms with Crippen LogP contribution in [-0.2, 0) is 16.0 Å². The van der Waals surface area contributed by atoms with E-state index in [4.69, 9.17) is 17.2 Å². The van der Waals surface area contributed by atoms with E-state index in [-0.39, 0.29) is 17.8 Å². The molecule has 0 aliphatic rings. The third-order valence-electron chi connectivity index (χ3n) is 5.23. The van der Waals surface area contributed by atoms with Gasteiger partial charge in [0.2, 0.25) is 11.8 Å². The first-order chi connectivity index (χ1) is 15.9. The number of guanidine groups is 1. The fraction of sp³-hybridized carbons (Fsp3) is 0.240. The van der Waals surface area contributed by atoms with Crippen molar-refractivity contribution in [3.05, 3.63) is 78.4 Å². The molecule has 0 fully saturated rings. The predicted molar refractivity (Wildman–Crippen MR) is 133 cm³/mol. The van der Waals surface area contributed by atoms with Crippen LogP contribution >= 0.6 is 0 Å². The summed E-state index contributed by atoms with van der Waals surface area (Å²) in [7, 11) is 0. The van der Waals surface area contributed by atoms with E-state index in [2.05, 4.69) is 15.6 Å². The van der Waals surface area contributed by atoms with E-state index in [0.29, 0.717) is 31.5 Å². The molecule has 8 heteroatoms. The van der Waals surface area contributed by atoms with Crippen molar-refractivity contribution in [2.24, 2.45) is 22.2 Å². The lowest BCUT2D eigenvalue weighted by molar-refractivity contribution is -0.127. The summed E-state index contributed by atoms with van der Waals surface area (Å²) in [6.07, 6.45) is 1.25. The summed E-state index contributed by atoms with van der Waals surface area (Å²) in [6.45, 7) is 0.355. The van der Waals surface area contributed by atoms with Crippen molar-refractivity contribution in [3.63, 3.8) is 0 Å². The second-order valence-corrected chi connectivity index (χ2v) is 7.86. The molecule has 0 radical (unpaired) electrons. The zero-order chi connectivity index (χ0) is 23.6. The van der Waals surface area contributed by atoms with Gasteiger partial charge in [0.15, 0.2) is 5.96 Å². The van der Waals surface area contributed by atoms with E-state index < -0.39 is 12.1 Å². The molecule has 0 heterocycles. The molecule has 8 N–H and O–H groups in total. The van der Waals surface area contributed by atoms with Crippen LogP contribution in [0.25, 0.3) is 10.8 Å². The highest BCUT2D eigenvalue weighted by atomic mass is 16.2. The highest BCUT2D eigenvalue weighted by Crippen LogP contribution is 2.19. The monoisotopic (exact) mass is 446 g/mol. The number of benzene rings is 3. The zero-order valence-electron chi connectivity index (χ0n) is 18.4. The molecule has 0 aliphatic heterocycles. The van der Waals surface area contributed by atoms with E-state index in [9.17, 15) is 9.59 Å². The SMILES string of the molecule is NC(N)=NCCC[C@H](NC(=O)C(N)Cc1ccccc1)C(=O)Nc1ccc2ccccc2c1. The van der Waals surface area contributed by atoms with Gasteiger partial charge in [-0.05, 0) is 47.7 Å². The molecular weight excluding hydrogens is 416 g/mol. The van der Waals surface area contributed by atoms with Crippen molar-refractivity contribution in [2.75, 3.05) is 11.9 Å². The molecule has 0 saturated carbocycles. The number of carbonyl (C=O) groups excluding carboxylic acids is 2. The second kappa shape index (κ2) is 11.6. The van der Waals surface area contributed by atoms with E-state index in [1.165, 1.54) is 0 Å². The highest BCUT2D eigenvalue weighted by molar-refractivity contribution is 5.99. The number of hydrogen-bond donors (Lipinski definition) is 5. The molecule has 0 spiro atoms. The maximum absolute atomic E-state index is 13.0. The van der Waals surface area contributed by atoms with Gasteiger partial charge in [-0.2, -0.15) is 0 Å². The van der Waals surface area contributed by atoms with Crippen LogP contribution in [0, 0.1) is 0 Å². The first-order valence-electron chi connectivity index (χ1n) is 10.9. The summed E-state index contributed by atoms with van der Waals surface area (Å²) in [4.78, 5) is 29.7. The minimum atomic E-state index is -0.778. The van der Waals surface area contributed by atoms with Crippen LogP contribution in [0.4, 0.5) is 5.69 Å². The Bertz CT molecular complexity index is 1110. The topological polar surface area (TPSA) is 149 Å². The molecule has 172 valence electrons. The molecule has 8 nitrogen and oxygen atoms in total. The number of rotatable bonds is 10. The smallest absolute Gasteiger partial charge is 0.246 e. The second-order valence-electron chi connectivity index (χ2n) is 7.86. The summed E-state index contributed by atoms with van der Waals surface area (Å²) in [5, 5.41) is 7.78. The Morgan fingerprint density at radius 1 is 0.879 bits per heavy atom. The average Bonchev–Trinajstić information content (AvgIpc) is 2.81. The fourth-order valence-corrected chi connectivity index (χ4v) is 3.51. The van der Waals surface area contributed by atoms with Crippen molar-refractivity contribution < 1.29 is 9.59 Å². The normalized spacial score (nSPS) is 12.5. The predicted octanol–water partition coefficient (Wildman–Crippen LogP) is 1.89. The number of nitrogens with one attached hydrogen (secondary N) is 2. The molecule has 0 bridgehead atoms. The van der Waals surface area contributed by atoms with E-state index in [1.807, 2.05) is 72.8 Å². The molecule has 1 unspecified atom stereocenters. The van der Waals surface area contributed by atoms with Crippen LogP contribution in [0.15, 0.2) is 77.8 Å². The van der Waals surface area contributed by atoms with Crippen LogP contribution in [-0.4, -0.2) is 36.4 Å². The number of hydrogen-bond acceptors (Lipinski definition) is 4. The van der Waals surface area contributed by atoms with Crippen LogP contribution in [0.1, 0.15) is 18.4 Å². The van der Waals surface area contributed by atoms with Gasteiger partial charge in [0, 0.05) is 12.2 Å². The molecule has 33 heavy (non-hydrogen) atoms. The zero-order valence-corrected chi connectivity index (χ0v) is 18.4. The summed E-state index contributed by atoms with van der Waals surface area (Å²) < 4.78 is 0. The Hall–Kier alpha value is -3.91. The van der Waals surface area contributed by atoms with Gasteiger partial charge in [-0.1, -0.05) is 60.7 Å². The lowest BCUT2D eigenvalue weighted by atomic mass is 10.0. The largest absolute Gasteiger partial charge is 0.370 e. The Balaban J connectivity index is 1.67. The van der Waals surface area contributed by atoms with E-state index in [1.54, 1.807) is 0 Å². The van der Waals surface area contributed by atoms with Gasteiger partial charge in [0.1, 0.15) is 6.04 Å². The molecule has 0 saturated heterocycles. The third-order valence-corrected chi connectivity index (χ3v) is 5.23. The average molecular weight is 447 g/mol. The van der Waals surface area contributed by atoms with Gasteiger partial charge in [0.25, 0.3) is 0 Å². The molecule has 2 atom stereocenters. The Morgan fingerprint density at radius 3 is 2.30 bits per heavy atom. The van der Waals surface area contributed by atoms with E-state index >= 15 is 0 Å². The minimum absolute atomic E-state index is 0.0129. The van der Waals surface area contributed by atoms with Crippen LogP contribution in [0.2, 0.25) is 0 Å². The minimum Gasteiger partial charge on any atom is -0.370 e. The Morgan fingerprint density at radius 2 is 1.58 bits per heavy atom. The summed E-state index contributed by atoms with van der Waals surface area (Å²) in [5.74, 6) is -0.726. The summed E-state index contributed by atoms with van der Waals surface area (Å²) in [5.41, 5.74) is 18.5. The number of nitrogens with zero attached hydrogens (tertiary/aromatic N) is 1. The lowest BCUT2D eigenvalue weighted by Gasteiger charge is -2.21. The van der Waals surface area contributed by atoms with Crippen molar-refractivity contribution >= 4 is 34.2 Å². The van der Waals surface area contributed by atoms with Crippen LogP contribution in [0.3, 0.4) is 0 Å². The third kappa shape index (κ3) is 7.33. The van der Waals surface area contributed by atoms with E-state index in [0.717, 1.165) is 16.3 Å². The maximum Gasteiger partial charge on any atom is 0.246 e. The number of anilines is 1. The Kier molecular flexibility index (Phi) is 8.37. The van der Waals surface area contributed by atoms with Gasteiger partial charge in [-0.3, -0.25) is 14.6 Å².